The Hall–Kier alpha value is -3.77. The molecule has 0 unspecified atom stereocenters. The molecule has 0 amide bonds. The minimum atomic E-state index is -0.274. The molecule has 1 aliphatic heterocycles. The fourth-order valence-electron chi connectivity index (χ4n) is 5.85. The van der Waals surface area contributed by atoms with Gasteiger partial charge >= 0.3 is 0 Å². The van der Waals surface area contributed by atoms with Gasteiger partial charge in [0.15, 0.2) is 0 Å². The molecule has 3 aromatic heterocycles. The molecular weight excluding hydrogens is 461 g/mol. The van der Waals surface area contributed by atoms with Gasteiger partial charge in [-0.1, -0.05) is 32.0 Å². The molecule has 5 aromatic rings. The zero-order valence-electron chi connectivity index (χ0n) is 21.8. The van der Waals surface area contributed by atoms with Crippen molar-refractivity contribution in [1.29, 1.82) is 0 Å². The third-order valence-electron chi connectivity index (χ3n) is 7.93. The van der Waals surface area contributed by atoms with Gasteiger partial charge in [-0.2, -0.15) is 5.10 Å². The molecule has 4 heterocycles. The van der Waals surface area contributed by atoms with Crippen LogP contribution in [0.2, 0.25) is 0 Å². The Labute approximate surface area is 217 Å². The molecule has 0 saturated heterocycles. The number of aromatic nitrogens is 4. The second-order valence-electron chi connectivity index (χ2n) is 10.4. The van der Waals surface area contributed by atoms with Gasteiger partial charge in [0.2, 0.25) is 0 Å². The van der Waals surface area contributed by atoms with Gasteiger partial charge in [-0.15, -0.1) is 0 Å². The Morgan fingerprint density at radius 2 is 1.70 bits per heavy atom. The Balaban J connectivity index is 1.61. The summed E-state index contributed by atoms with van der Waals surface area (Å²) in [5.41, 5.74) is 9.51. The Morgan fingerprint density at radius 3 is 2.41 bits per heavy atom. The first-order valence-electron chi connectivity index (χ1n) is 13.1. The van der Waals surface area contributed by atoms with Crippen LogP contribution in [0.4, 0.5) is 4.39 Å². The molecule has 2 aromatic carbocycles. The van der Waals surface area contributed by atoms with Crippen LogP contribution in [0.15, 0.2) is 67.1 Å². The molecule has 5 nitrogen and oxygen atoms in total. The van der Waals surface area contributed by atoms with Gasteiger partial charge in [0, 0.05) is 48.2 Å². The SMILES string of the molecule is CCc1cccc(CC)c1-n1nc2c(c1-c1ccc(F)c3[nH]ccc13)CN(Cc1ccncc1)C2(C)C. The number of para-hydroxylation sites is 1. The molecule has 0 spiro atoms. The van der Waals surface area contributed by atoms with Gasteiger partial charge < -0.3 is 4.98 Å². The van der Waals surface area contributed by atoms with E-state index in [1.165, 1.54) is 22.3 Å². The van der Waals surface area contributed by atoms with Crippen LogP contribution in [0, 0.1) is 5.82 Å². The van der Waals surface area contributed by atoms with Crippen LogP contribution >= 0.6 is 0 Å². The summed E-state index contributed by atoms with van der Waals surface area (Å²) in [6.45, 7) is 10.5. The fraction of sp³-hybridized carbons (Fsp3) is 0.290. The highest BCUT2D eigenvalue weighted by molar-refractivity contribution is 5.96. The van der Waals surface area contributed by atoms with E-state index in [1.54, 1.807) is 6.07 Å². The number of hydrogen-bond acceptors (Lipinski definition) is 3. The Bertz CT molecular complexity index is 1570. The lowest BCUT2D eigenvalue weighted by molar-refractivity contribution is 0.123. The molecule has 188 valence electrons. The van der Waals surface area contributed by atoms with Crippen molar-refractivity contribution in [3.05, 3.63) is 101 Å². The topological polar surface area (TPSA) is 49.7 Å². The number of pyridine rings is 1. The molecule has 0 saturated carbocycles. The van der Waals surface area contributed by atoms with Gasteiger partial charge in [0.1, 0.15) is 5.82 Å². The van der Waals surface area contributed by atoms with E-state index in [0.29, 0.717) is 5.52 Å². The second kappa shape index (κ2) is 8.96. The van der Waals surface area contributed by atoms with Crippen LogP contribution in [0.25, 0.3) is 27.8 Å². The van der Waals surface area contributed by atoms with Crippen molar-refractivity contribution in [2.75, 3.05) is 0 Å². The van der Waals surface area contributed by atoms with Crippen molar-refractivity contribution in [2.24, 2.45) is 0 Å². The summed E-state index contributed by atoms with van der Waals surface area (Å²) >= 11 is 0. The van der Waals surface area contributed by atoms with Gasteiger partial charge in [-0.25, -0.2) is 9.07 Å². The van der Waals surface area contributed by atoms with Gasteiger partial charge in [0.25, 0.3) is 0 Å². The molecule has 0 atom stereocenters. The highest BCUT2D eigenvalue weighted by atomic mass is 19.1. The van der Waals surface area contributed by atoms with Crippen molar-refractivity contribution in [2.45, 2.75) is 59.2 Å². The van der Waals surface area contributed by atoms with Crippen LogP contribution in [-0.4, -0.2) is 24.6 Å². The molecule has 1 aliphatic rings. The van der Waals surface area contributed by atoms with Crippen molar-refractivity contribution in [3.63, 3.8) is 0 Å². The monoisotopic (exact) mass is 493 g/mol. The quantitative estimate of drug-likeness (QED) is 0.279. The number of nitrogens with zero attached hydrogens (tertiary/aromatic N) is 4. The molecule has 6 heteroatoms. The predicted molar refractivity (Wildman–Crippen MR) is 146 cm³/mol. The van der Waals surface area contributed by atoms with E-state index in [9.17, 15) is 4.39 Å². The zero-order chi connectivity index (χ0) is 25.7. The molecule has 0 bridgehead atoms. The smallest absolute Gasteiger partial charge is 0.147 e. The van der Waals surface area contributed by atoms with Crippen LogP contribution in [0.1, 0.15) is 55.6 Å². The second-order valence-corrected chi connectivity index (χ2v) is 10.4. The molecule has 0 fully saturated rings. The number of H-pyrrole nitrogens is 1. The van der Waals surface area contributed by atoms with Gasteiger partial charge in [0.05, 0.1) is 28.1 Å². The fourth-order valence-corrected chi connectivity index (χ4v) is 5.85. The lowest BCUT2D eigenvalue weighted by Gasteiger charge is -2.32. The van der Waals surface area contributed by atoms with Crippen LogP contribution in [0.5, 0.6) is 0 Å². The third-order valence-corrected chi connectivity index (χ3v) is 7.93. The average Bonchev–Trinajstić information content (AvgIpc) is 3.60. The number of halogens is 1. The average molecular weight is 494 g/mol. The van der Waals surface area contributed by atoms with Gasteiger partial charge in [-0.05, 0) is 73.7 Å². The summed E-state index contributed by atoms with van der Waals surface area (Å²) in [4.78, 5) is 9.75. The van der Waals surface area contributed by atoms with Crippen molar-refractivity contribution < 1.29 is 4.39 Å². The number of hydrogen-bond donors (Lipinski definition) is 1. The number of fused-ring (bicyclic) bond motifs is 2. The number of aromatic amines is 1. The van der Waals surface area contributed by atoms with Gasteiger partial charge in [-0.3, -0.25) is 9.88 Å². The first-order valence-corrected chi connectivity index (χ1v) is 13.1. The van der Waals surface area contributed by atoms with Crippen molar-refractivity contribution >= 4 is 10.9 Å². The summed E-state index contributed by atoms with van der Waals surface area (Å²) in [6.07, 6.45) is 7.33. The maximum Gasteiger partial charge on any atom is 0.147 e. The number of benzene rings is 2. The van der Waals surface area contributed by atoms with E-state index in [-0.39, 0.29) is 11.4 Å². The maximum absolute atomic E-state index is 14.7. The third kappa shape index (κ3) is 3.70. The largest absolute Gasteiger partial charge is 0.359 e. The summed E-state index contributed by atoms with van der Waals surface area (Å²) < 4.78 is 16.9. The standard InChI is InChI=1S/C31H32FN5/c1-5-21-8-7-9-22(6-2)28(21)37-29(24-10-11-26(32)27-23(24)14-17-34-27)25-19-36(31(3,4)30(25)35-37)18-20-12-15-33-16-13-20/h7-17,34H,5-6,18-19H2,1-4H3. The summed E-state index contributed by atoms with van der Waals surface area (Å²) in [6, 6.07) is 16.1. The molecule has 37 heavy (non-hydrogen) atoms. The first kappa shape index (κ1) is 23.6. The minimum absolute atomic E-state index is 0.241. The number of aryl methyl sites for hydroxylation is 2. The molecule has 1 N–H and O–H groups in total. The summed E-state index contributed by atoms with van der Waals surface area (Å²) in [5.74, 6) is -0.241. The Kier molecular flexibility index (Phi) is 5.72. The van der Waals surface area contributed by atoms with Crippen molar-refractivity contribution in [3.8, 4) is 16.9 Å². The summed E-state index contributed by atoms with van der Waals surface area (Å²) in [7, 11) is 0. The molecule has 0 aliphatic carbocycles. The van der Waals surface area contributed by atoms with E-state index >= 15 is 0 Å². The minimum Gasteiger partial charge on any atom is -0.359 e. The number of rotatable bonds is 6. The Morgan fingerprint density at radius 1 is 0.973 bits per heavy atom. The maximum atomic E-state index is 14.7. The molecular formula is C31H32FN5. The van der Waals surface area contributed by atoms with E-state index in [2.05, 4.69) is 77.6 Å². The molecule has 0 radical (unpaired) electrons. The number of nitrogens with one attached hydrogen (secondary N) is 1. The lowest BCUT2D eigenvalue weighted by atomic mass is 9.97. The van der Waals surface area contributed by atoms with Crippen molar-refractivity contribution in [1.82, 2.24) is 24.6 Å². The predicted octanol–water partition coefficient (Wildman–Crippen LogP) is 6.93. The molecule has 6 rings (SSSR count). The first-order chi connectivity index (χ1) is 17.9. The normalized spacial score (nSPS) is 14.9. The van der Waals surface area contributed by atoms with E-state index < -0.39 is 0 Å². The van der Waals surface area contributed by atoms with E-state index in [1.807, 2.05) is 30.7 Å². The lowest BCUT2D eigenvalue weighted by Crippen LogP contribution is -2.35. The highest BCUT2D eigenvalue weighted by Crippen LogP contribution is 2.46. The van der Waals surface area contributed by atoms with Crippen LogP contribution in [-0.2, 0) is 31.5 Å². The summed E-state index contributed by atoms with van der Waals surface area (Å²) in [5, 5.41) is 6.25. The highest BCUT2D eigenvalue weighted by Gasteiger charge is 2.43. The van der Waals surface area contributed by atoms with Crippen LogP contribution in [0.3, 0.4) is 0 Å². The van der Waals surface area contributed by atoms with E-state index in [0.717, 1.165) is 54.0 Å². The van der Waals surface area contributed by atoms with E-state index in [4.69, 9.17) is 5.10 Å². The van der Waals surface area contributed by atoms with Crippen LogP contribution < -0.4 is 0 Å². The zero-order valence-corrected chi connectivity index (χ0v) is 21.8.